The minimum Gasteiger partial charge on any atom is -0.465 e. The van der Waals surface area contributed by atoms with Crippen molar-refractivity contribution in [1.29, 1.82) is 0 Å². The Morgan fingerprint density at radius 2 is 2.00 bits per heavy atom. The summed E-state index contributed by atoms with van der Waals surface area (Å²) in [7, 11) is 0. The Kier molecular flexibility index (Phi) is 2.31. The van der Waals surface area contributed by atoms with Crippen molar-refractivity contribution in [2.24, 2.45) is 0 Å². The molecule has 1 aliphatic heterocycles. The number of hydrogen-bond acceptors (Lipinski definition) is 3. The molecule has 0 aliphatic carbocycles. The summed E-state index contributed by atoms with van der Waals surface area (Å²) in [4.78, 5) is 11.4. The molecular formula is C6H11NO4. The molecule has 1 aliphatic rings. The maximum Gasteiger partial charge on any atom is 0.407 e. The van der Waals surface area contributed by atoms with E-state index < -0.39 is 18.3 Å². The minimum absolute atomic E-state index is 0.0104. The summed E-state index contributed by atoms with van der Waals surface area (Å²) in [5, 5.41) is 26.5. The molecular weight excluding hydrogens is 150 g/mol. The molecule has 0 spiro atoms. The fraction of sp³-hybridized carbons (Fsp3) is 0.833. The van der Waals surface area contributed by atoms with E-state index in [0.717, 1.165) is 4.90 Å². The van der Waals surface area contributed by atoms with Crippen LogP contribution in [0.15, 0.2) is 0 Å². The second-order valence-electron chi connectivity index (χ2n) is 2.65. The number of carbonyl (C=O) groups is 1. The molecule has 3 N–H and O–H groups in total. The summed E-state index contributed by atoms with van der Waals surface area (Å²) in [5.41, 5.74) is 0. The van der Waals surface area contributed by atoms with E-state index in [0.29, 0.717) is 13.0 Å². The maximum atomic E-state index is 10.3. The van der Waals surface area contributed by atoms with Crippen LogP contribution in [0.5, 0.6) is 0 Å². The van der Waals surface area contributed by atoms with Crippen LogP contribution in [0.4, 0.5) is 4.79 Å². The number of β-amino-alcohol motifs (C(OH)–C–C–N with tert-alkyl or cyclic N) is 1. The second kappa shape index (κ2) is 3.06. The van der Waals surface area contributed by atoms with Crippen molar-refractivity contribution in [2.75, 3.05) is 13.1 Å². The van der Waals surface area contributed by atoms with Gasteiger partial charge in [-0.25, -0.2) is 4.79 Å². The summed E-state index contributed by atoms with van der Waals surface area (Å²) < 4.78 is 0. The van der Waals surface area contributed by atoms with E-state index in [1.165, 1.54) is 0 Å². The van der Waals surface area contributed by atoms with Gasteiger partial charge in [-0.3, -0.25) is 0 Å². The summed E-state index contributed by atoms with van der Waals surface area (Å²) in [6.07, 6.45) is -2.44. The van der Waals surface area contributed by atoms with E-state index in [2.05, 4.69) is 0 Å². The first-order valence-corrected chi connectivity index (χ1v) is 3.45. The Balaban J connectivity index is 2.46. The lowest BCUT2D eigenvalue weighted by molar-refractivity contribution is -0.0328. The third kappa shape index (κ3) is 1.81. The van der Waals surface area contributed by atoms with Gasteiger partial charge in [-0.2, -0.15) is 0 Å². The van der Waals surface area contributed by atoms with Gasteiger partial charge in [-0.1, -0.05) is 0 Å². The first-order valence-electron chi connectivity index (χ1n) is 3.45. The van der Waals surface area contributed by atoms with Crippen LogP contribution in [-0.2, 0) is 0 Å². The lowest BCUT2D eigenvalue weighted by atomic mass is 10.1. The Labute approximate surface area is 63.9 Å². The quantitative estimate of drug-likeness (QED) is 0.429. The molecule has 1 amide bonds. The van der Waals surface area contributed by atoms with Crippen LogP contribution in [0.2, 0.25) is 0 Å². The molecule has 1 heterocycles. The number of carboxylic acid groups (broad SMARTS) is 1. The number of piperidine rings is 1. The first kappa shape index (κ1) is 8.29. The topological polar surface area (TPSA) is 81.0 Å². The summed E-state index contributed by atoms with van der Waals surface area (Å²) in [6.45, 7) is 0.310. The molecule has 11 heavy (non-hydrogen) atoms. The van der Waals surface area contributed by atoms with Gasteiger partial charge in [-0.05, 0) is 6.42 Å². The second-order valence-corrected chi connectivity index (χ2v) is 2.65. The van der Waals surface area contributed by atoms with Gasteiger partial charge in [0, 0.05) is 6.54 Å². The van der Waals surface area contributed by atoms with Gasteiger partial charge in [-0.15, -0.1) is 0 Å². The first-order chi connectivity index (χ1) is 5.11. The molecule has 1 fully saturated rings. The van der Waals surface area contributed by atoms with E-state index in [1.54, 1.807) is 0 Å². The van der Waals surface area contributed by atoms with Crippen LogP contribution < -0.4 is 0 Å². The van der Waals surface area contributed by atoms with Crippen LogP contribution in [0.25, 0.3) is 0 Å². The maximum absolute atomic E-state index is 10.3. The van der Waals surface area contributed by atoms with E-state index >= 15 is 0 Å². The molecule has 0 bridgehead atoms. The average molecular weight is 161 g/mol. The van der Waals surface area contributed by atoms with Gasteiger partial charge in [0.05, 0.1) is 18.8 Å². The number of amides is 1. The summed E-state index contributed by atoms with van der Waals surface area (Å²) in [5.74, 6) is 0. The lowest BCUT2D eigenvalue weighted by Gasteiger charge is -2.31. The number of nitrogens with zero attached hydrogens (tertiary/aromatic N) is 1. The van der Waals surface area contributed by atoms with Crippen LogP contribution in [-0.4, -0.2) is 51.6 Å². The zero-order valence-corrected chi connectivity index (χ0v) is 5.97. The van der Waals surface area contributed by atoms with Crippen molar-refractivity contribution in [2.45, 2.75) is 18.6 Å². The van der Waals surface area contributed by atoms with Crippen molar-refractivity contribution in [3.8, 4) is 0 Å². The van der Waals surface area contributed by atoms with Crippen molar-refractivity contribution in [3.63, 3.8) is 0 Å². The van der Waals surface area contributed by atoms with Gasteiger partial charge in [0.15, 0.2) is 0 Å². The number of rotatable bonds is 0. The molecule has 1 saturated heterocycles. The summed E-state index contributed by atoms with van der Waals surface area (Å²) >= 11 is 0. The largest absolute Gasteiger partial charge is 0.465 e. The van der Waals surface area contributed by atoms with Crippen molar-refractivity contribution in [3.05, 3.63) is 0 Å². The van der Waals surface area contributed by atoms with Gasteiger partial charge in [0.2, 0.25) is 0 Å². The predicted octanol–water partition coefficient (Wildman–Crippen LogP) is -0.908. The van der Waals surface area contributed by atoms with Gasteiger partial charge in [0.25, 0.3) is 0 Å². The average Bonchev–Trinajstić information content (AvgIpc) is 1.94. The highest BCUT2D eigenvalue weighted by molar-refractivity contribution is 5.65. The number of likely N-dealkylation sites (tertiary alicyclic amines) is 1. The van der Waals surface area contributed by atoms with Crippen LogP contribution in [0, 0.1) is 0 Å². The number of aliphatic hydroxyl groups excluding tert-OH is 2. The molecule has 0 radical (unpaired) electrons. The van der Waals surface area contributed by atoms with Gasteiger partial charge < -0.3 is 20.2 Å². The highest BCUT2D eigenvalue weighted by atomic mass is 16.4. The fourth-order valence-corrected chi connectivity index (χ4v) is 1.09. The highest BCUT2D eigenvalue weighted by Crippen LogP contribution is 2.10. The molecule has 0 unspecified atom stereocenters. The molecule has 2 atom stereocenters. The van der Waals surface area contributed by atoms with E-state index in [4.69, 9.17) is 15.3 Å². The van der Waals surface area contributed by atoms with Crippen molar-refractivity contribution in [1.82, 2.24) is 4.90 Å². The SMILES string of the molecule is O=C(O)N1CC[C@@H](O)[C@H](O)C1. The van der Waals surface area contributed by atoms with Gasteiger partial charge in [0.1, 0.15) is 0 Å². The molecule has 5 nitrogen and oxygen atoms in total. The third-order valence-corrected chi connectivity index (χ3v) is 1.82. The lowest BCUT2D eigenvalue weighted by Crippen LogP contribution is -2.48. The predicted molar refractivity (Wildman–Crippen MR) is 36.2 cm³/mol. The number of aliphatic hydroxyl groups is 2. The molecule has 0 aromatic rings. The number of hydrogen-bond donors (Lipinski definition) is 3. The highest BCUT2D eigenvalue weighted by Gasteiger charge is 2.28. The molecule has 5 heteroatoms. The van der Waals surface area contributed by atoms with E-state index in [1.807, 2.05) is 0 Å². The normalized spacial score (nSPS) is 32.0. The Morgan fingerprint density at radius 3 is 2.45 bits per heavy atom. The Morgan fingerprint density at radius 1 is 1.36 bits per heavy atom. The summed E-state index contributed by atoms with van der Waals surface area (Å²) in [6, 6.07) is 0. The smallest absolute Gasteiger partial charge is 0.407 e. The zero-order valence-electron chi connectivity index (χ0n) is 5.97. The monoisotopic (exact) mass is 161 g/mol. The third-order valence-electron chi connectivity index (χ3n) is 1.82. The minimum atomic E-state index is -1.05. The van der Waals surface area contributed by atoms with E-state index in [9.17, 15) is 4.79 Å². The van der Waals surface area contributed by atoms with Gasteiger partial charge >= 0.3 is 6.09 Å². The molecule has 0 aromatic carbocycles. The zero-order chi connectivity index (χ0) is 8.43. The molecule has 0 saturated carbocycles. The Bertz CT molecular complexity index is 161. The fourth-order valence-electron chi connectivity index (χ4n) is 1.09. The van der Waals surface area contributed by atoms with Crippen LogP contribution >= 0.6 is 0 Å². The molecule has 0 aromatic heterocycles. The molecule has 64 valence electrons. The van der Waals surface area contributed by atoms with Crippen molar-refractivity contribution >= 4 is 6.09 Å². The standard InChI is InChI=1S/C6H11NO4/c8-4-1-2-7(6(10)11)3-5(4)9/h4-5,8-9H,1-3H2,(H,10,11)/t4-,5-/m1/s1. The van der Waals surface area contributed by atoms with Crippen LogP contribution in [0.1, 0.15) is 6.42 Å². The van der Waals surface area contributed by atoms with Crippen molar-refractivity contribution < 1.29 is 20.1 Å². The van der Waals surface area contributed by atoms with E-state index in [-0.39, 0.29) is 6.54 Å². The van der Waals surface area contributed by atoms with Crippen LogP contribution in [0.3, 0.4) is 0 Å². The molecule has 1 rings (SSSR count). The Hall–Kier alpha value is -0.810.